The highest BCUT2D eigenvalue weighted by Crippen LogP contribution is 2.35. The third kappa shape index (κ3) is 3.21. The van der Waals surface area contributed by atoms with E-state index in [0.29, 0.717) is 32.6 Å². The predicted octanol–water partition coefficient (Wildman–Crippen LogP) is 1.49. The van der Waals surface area contributed by atoms with Gasteiger partial charge in [-0.1, -0.05) is 6.92 Å². The van der Waals surface area contributed by atoms with Crippen molar-refractivity contribution in [2.45, 2.75) is 50.2 Å². The Morgan fingerprint density at radius 3 is 2.47 bits per heavy atom. The Hall–Kier alpha value is -0.370. The van der Waals surface area contributed by atoms with E-state index in [1.165, 1.54) is 4.90 Å². The fraction of sp³-hybridized carbons (Fsp3) is 1.00. The molecule has 2 saturated heterocycles. The molecule has 112 valence electrons. The number of likely N-dealkylation sites (tertiary alicyclic amines) is 1. The van der Waals surface area contributed by atoms with Crippen molar-refractivity contribution in [1.82, 2.24) is 4.90 Å². The fourth-order valence-corrected chi connectivity index (χ4v) is 2.93. The second-order valence-corrected chi connectivity index (χ2v) is 5.24. The maximum absolute atomic E-state index is 13.2. The number of piperidine rings is 1. The molecule has 0 amide bonds. The molecule has 0 aromatic carbocycles. The Bertz CT molecular complexity index is 306. The SMILES string of the molecule is CCC(N)C(N1CCCC2(C1)OCCO2)C(F)(F)F. The number of hydrogen-bond donors (Lipinski definition) is 1. The molecule has 2 aliphatic heterocycles. The molecule has 2 atom stereocenters. The fourth-order valence-electron chi connectivity index (χ4n) is 2.93. The zero-order valence-electron chi connectivity index (χ0n) is 11.1. The van der Waals surface area contributed by atoms with Crippen LogP contribution in [-0.4, -0.2) is 55.3 Å². The molecule has 0 bridgehead atoms. The molecule has 19 heavy (non-hydrogen) atoms. The molecule has 0 aromatic rings. The van der Waals surface area contributed by atoms with Crippen LogP contribution in [-0.2, 0) is 9.47 Å². The molecule has 0 aromatic heterocycles. The molecule has 2 fully saturated rings. The van der Waals surface area contributed by atoms with Crippen LogP contribution in [0.3, 0.4) is 0 Å². The van der Waals surface area contributed by atoms with Crippen LogP contribution in [0.15, 0.2) is 0 Å². The number of halogens is 3. The Morgan fingerprint density at radius 2 is 1.95 bits per heavy atom. The lowest BCUT2D eigenvalue weighted by Crippen LogP contribution is -2.61. The number of alkyl halides is 3. The topological polar surface area (TPSA) is 47.7 Å². The highest BCUT2D eigenvalue weighted by Gasteiger charge is 2.51. The minimum atomic E-state index is -4.33. The third-order valence-electron chi connectivity index (χ3n) is 3.87. The van der Waals surface area contributed by atoms with Gasteiger partial charge in [0.05, 0.1) is 19.8 Å². The van der Waals surface area contributed by atoms with Crippen LogP contribution in [0.4, 0.5) is 13.2 Å². The summed E-state index contributed by atoms with van der Waals surface area (Å²) in [4.78, 5) is 1.38. The normalized spacial score (nSPS) is 27.6. The van der Waals surface area contributed by atoms with E-state index in [-0.39, 0.29) is 13.0 Å². The van der Waals surface area contributed by atoms with Crippen molar-refractivity contribution < 1.29 is 22.6 Å². The van der Waals surface area contributed by atoms with Gasteiger partial charge >= 0.3 is 6.18 Å². The molecular formula is C12H21F3N2O2. The molecule has 2 unspecified atom stereocenters. The summed E-state index contributed by atoms with van der Waals surface area (Å²) < 4.78 is 50.7. The van der Waals surface area contributed by atoms with Gasteiger partial charge in [-0.3, -0.25) is 4.90 Å². The van der Waals surface area contributed by atoms with E-state index >= 15 is 0 Å². The summed E-state index contributed by atoms with van der Waals surface area (Å²) in [5.74, 6) is -0.852. The highest BCUT2D eigenvalue weighted by atomic mass is 19.4. The van der Waals surface area contributed by atoms with E-state index in [2.05, 4.69) is 0 Å². The lowest BCUT2D eigenvalue weighted by Gasteiger charge is -2.44. The zero-order chi connectivity index (χ0) is 14.1. The van der Waals surface area contributed by atoms with Gasteiger partial charge in [-0.25, -0.2) is 0 Å². The average Bonchev–Trinajstić information content (AvgIpc) is 2.75. The van der Waals surface area contributed by atoms with Crippen LogP contribution in [0.2, 0.25) is 0 Å². The van der Waals surface area contributed by atoms with Crippen LogP contribution in [0.1, 0.15) is 26.2 Å². The van der Waals surface area contributed by atoms with Gasteiger partial charge in [0, 0.05) is 12.5 Å². The molecule has 0 saturated carbocycles. The molecule has 1 spiro atoms. The number of hydrogen-bond acceptors (Lipinski definition) is 4. The molecule has 2 heterocycles. The van der Waals surface area contributed by atoms with Crippen LogP contribution in [0, 0.1) is 0 Å². The standard InChI is InChI=1S/C12H21F3N2O2/c1-2-9(16)10(12(13,14)15)17-5-3-4-11(8-17)18-6-7-19-11/h9-10H,2-8,16H2,1H3. The maximum Gasteiger partial charge on any atom is 0.405 e. The summed E-state index contributed by atoms with van der Waals surface area (Å²) >= 11 is 0. The van der Waals surface area contributed by atoms with Gasteiger partial charge in [0.2, 0.25) is 0 Å². The average molecular weight is 282 g/mol. The van der Waals surface area contributed by atoms with E-state index in [9.17, 15) is 13.2 Å². The second kappa shape index (κ2) is 5.55. The zero-order valence-corrected chi connectivity index (χ0v) is 11.1. The first-order chi connectivity index (χ1) is 8.88. The van der Waals surface area contributed by atoms with Crippen molar-refractivity contribution >= 4 is 0 Å². The second-order valence-electron chi connectivity index (χ2n) is 5.24. The van der Waals surface area contributed by atoms with Crippen molar-refractivity contribution in [2.24, 2.45) is 5.73 Å². The molecule has 7 heteroatoms. The monoisotopic (exact) mass is 282 g/mol. The third-order valence-corrected chi connectivity index (χ3v) is 3.87. The summed E-state index contributed by atoms with van der Waals surface area (Å²) in [5, 5.41) is 0. The van der Waals surface area contributed by atoms with Crippen LogP contribution >= 0.6 is 0 Å². The Labute approximate surface area is 111 Å². The Kier molecular flexibility index (Phi) is 4.39. The summed E-state index contributed by atoms with van der Waals surface area (Å²) in [5.41, 5.74) is 5.68. The van der Waals surface area contributed by atoms with E-state index in [1.807, 2.05) is 0 Å². The first-order valence-corrected chi connectivity index (χ1v) is 6.72. The summed E-state index contributed by atoms with van der Waals surface area (Å²) in [6, 6.07) is -2.54. The van der Waals surface area contributed by atoms with Crippen LogP contribution < -0.4 is 5.73 Å². The van der Waals surface area contributed by atoms with Crippen molar-refractivity contribution in [3.8, 4) is 0 Å². The maximum atomic E-state index is 13.2. The molecule has 0 radical (unpaired) electrons. The largest absolute Gasteiger partial charge is 0.405 e. The lowest BCUT2D eigenvalue weighted by atomic mass is 9.97. The van der Waals surface area contributed by atoms with E-state index in [1.54, 1.807) is 6.92 Å². The molecule has 2 rings (SSSR count). The van der Waals surface area contributed by atoms with Gasteiger partial charge in [-0.2, -0.15) is 13.2 Å². The number of ether oxygens (including phenoxy) is 2. The molecule has 4 nitrogen and oxygen atoms in total. The summed E-state index contributed by atoms with van der Waals surface area (Å²) in [6.45, 7) is 3.09. The Morgan fingerprint density at radius 1 is 1.32 bits per heavy atom. The van der Waals surface area contributed by atoms with Crippen molar-refractivity contribution in [2.75, 3.05) is 26.3 Å². The number of rotatable bonds is 3. The first kappa shape index (κ1) is 15.0. The van der Waals surface area contributed by atoms with Crippen LogP contribution in [0.25, 0.3) is 0 Å². The summed E-state index contributed by atoms with van der Waals surface area (Å²) in [7, 11) is 0. The number of nitrogens with zero attached hydrogens (tertiary/aromatic N) is 1. The van der Waals surface area contributed by atoms with Crippen LogP contribution in [0.5, 0.6) is 0 Å². The van der Waals surface area contributed by atoms with E-state index < -0.39 is 24.0 Å². The summed E-state index contributed by atoms with van der Waals surface area (Å²) in [6.07, 6.45) is -2.76. The highest BCUT2D eigenvalue weighted by molar-refractivity contribution is 4.93. The van der Waals surface area contributed by atoms with E-state index in [0.717, 1.165) is 0 Å². The van der Waals surface area contributed by atoms with Gasteiger partial charge in [0.1, 0.15) is 6.04 Å². The first-order valence-electron chi connectivity index (χ1n) is 6.72. The molecule has 2 N–H and O–H groups in total. The van der Waals surface area contributed by atoms with Gasteiger partial charge in [0.25, 0.3) is 0 Å². The quantitative estimate of drug-likeness (QED) is 0.852. The van der Waals surface area contributed by atoms with Gasteiger partial charge in [-0.15, -0.1) is 0 Å². The van der Waals surface area contributed by atoms with E-state index in [4.69, 9.17) is 15.2 Å². The van der Waals surface area contributed by atoms with Gasteiger partial charge < -0.3 is 15.2 Å². The van der Waals surface area contributed by atoms with Crippen molar-refractivity contribution in [3.63, 3.8) is 0 Å². The lowest BCUT2D eigenvalue weighted by molar-refractivity contribution is -0.233. The Balaban J connectivity index is 2.12. The molecule has 0 aliphatic carbocycles. The minimum Gasteiger partial charge on any atom is -0.346 e. The molecular weight excluding hydrogens is 261 g/mol. The minimum absolute atomic E-state index is 0.144. The van der Waals surface area contributed by atoms with Gasteiger partial charge in [-0.05, 0) is 19.4 Å². The predicted molar refractivity (Wildman–Crippen MR) is 63.6 cm³/mol. The smallest absolute Gasteiger partial charge is 0.346 e. The molecule has 2 aliphatic rings. The number of nitrogens with two attached hydrogens (primary N) is 1. The van der Waals surface area contributed by atoms with Crippen molar-refractivity contribution in [1.29, 1.82) is 0 Å². The van der Waals surface area contributed by atoms with Crippen molar-refractivity contribution in [3.05, 3.63) is 0 Å². The van der Waals surface area contributed by atoms with Gasteiger partial charge in [0.15, 0.2) is 5.79 Å².